The van der Waals surface area contributed by atoms with Crippen molar-refractivity contribution in [1.82, 2.24) is 4.90 Å². The van der Waals surface area contributed by atoms with Crippen molar-refractivity contribution in [3.63, 3.8) is 0 Å². The molecule has 1 heterocycles. The molecule has 1 atom stereocenters. The number of nitrogens with zero attached hydrogens (tertiary/aromatic N) is 1. The molecule has 0 aromatic heterocycles. The number of ketones is 1. The van der Waals surface area contributed by atoms with Crippen LogP contribution < -0.4 is 0 Å². The van der Waals surface area contributed by atoms with Crippen LogP contribution in [0.5, 0.6) is 0 Å². The van der Waals surface area contributed by atoms with Gasteiger partial charge in [-0.15, -0.1) is 0 Å². The third kappa shape index (κ3) is 3.98. The highest BCUT2D eigenvalue weighted by Crippen LogP contribution is 2.40. The first kappa shape index (κ1) is 20.8. The Kier molecular flexibility index (Phi) is 6.21. The van der Waals surface area contributed by atoms with Gasteiger partial charge in [0, 0.05) is 12.1 Å². The first-order chi connectivity index (χ1) is 13.9. The van der Waals surface area contributed by atoms with E-state index in [9.17, 15) is 14.7 Å². The van der Waals surface area contributed by atoms with Crippen LogP contribution in [0, 0.1) is 13.8 Å². The molecule has 4 nitrogen and oxygen atoms in total. The van der Waals surface area contributed by atoms with Crippen molar-refractivity contribution >= 4 is 17.4 Å². The lowest BCUT2D eigenvalue weighted by Crippen LogP contribution is -2.30. The monoisotopic (exact) mass is 391 g/mol. The molecule has 3 rings (SSSR count). The zero-order valence-electron chi connectivity index (χ0n) is 17.7. The Morgan fingerprint density at radius 2 is 1.72 bits per heavy atom. The number of carbonyl (C=O) groups excluding carboxylic acids is 2. The van der Waals surface area contributed by atoms with Gasteiger partial charge in [0.25, 0.3) is 11.7 Å². The van der Waals surface area contributed by atoms with Crippen molar-refractivity contribution < 1.29 is 14.7 Å². The van der Waals surface area contributed by atoms with Gasteiger partial charge in [0.15, 0.2) is 0 Å². The molecule has 29 heavy (non-hydrogen) atoms. The Balaban J connectivity index is 2.19. The number of benzene rings is 2. The molecule has 2 aromatic carbocycles. The standard InChI is InChI=1S/C25H29NO3/c1-5-7-14-26-22(19-12-10-18(6-2)11-13-19)21(24(28)25(26)29)23(27)20-15-16(3)8-9-17(20)4/h8-13,15,22,27H,5-7,14H2,1-4H3/b23-21+. The molecule has 0 bridgehead atoms. The van der Waals surface area contributed by atoms with Crippen molar-refractivity contribution in [1.29, 1.82) is 0 Å². The molecule has 1 aliphatic heterocycles. The van der Waals surface area contributed by atoms with Crippen molar-refractivity contribution in [3.05, 3.63) is 75.9 Å². The fourth-order valence-electron chi connectivity index (χ4n) is 3.86. The van der Waals surface area contributed by atoms with E-state index in [0.29, 0.717) is 12.1 Å². The van der Waals surface area contributed by atoms with Crippen molar-refractivity contribution in [2.24, 2.45) is 0 Å². The second-order valence-electron chi connectivity index (χ2n) is 7.76. The van der Waals surface area contributed by atoms with Gasteiger partial charge in [-0.25, -0.2) is 0 Å². The summed E-state index contributed by atoms with van der Waals surface area (Å²) >= 11 is 0. The predicted octanol–water partition coefficient (Wildman–Crippen LogP) is 5.09. The van der Waals surface area contributed by atoms with Crippen LogP contribution in [-0.2, 0) is 16.0 Å². The molecule has 1 fully saturated rings. The summed E-state index contributed by atoms with van der Waals surface area (Å²) in [5.74, 6) is -1.23. The fourth-order valence-corrected chi connectivity index (χ4v) is 3.86. The number of hydrogen-bond donors (Lipinski definition) is 1. The summed E-state index contributed by atoms with van der Waals surface area (Å²) in [5.41, 5.74) is 4.69. The zero-order valence-corrected chi connectivity index (χ0v) is 17.7. The average molecular weight is 392 g/mol. The van der Waals surface area contributed by atoms with E-state index in [2.05, 4.69) is 13.8 Å². The Morgan fingerprint density at radius 1 is 1.03 bits per heavy atom. The Hall–Kier alpha value is -2.88. The summed E-state index contributed by atoms with van der Waals surface area (Å²) in [4.78, 5) is 27.4. The first-order valence-electron chi connectivity index (χ1n) is 10.3. The van der Waals surface area contributed by atoms with E-state index in [1.807, 2.05) is 56.3 Å². The van der Waals surface area contributed by atoms with Gasteiger partial charge in [0.1, 0.15) is 5.76 Å². The van der Waals surface area contributed by atoms with Gasteiger partial charge in [-0.2, -0.15) is 0 Å². The number of amides is 1. The Labute approximate surface area is 172 Å². The smallest absolute Gasteiger partial charge is 0.295 e. The number of hydrogen-bond acceptors (Lipinski definition) is 3. The van der Waals surface area contributed by atoms with Crippen molar-refractivity contribution in [3.8, 4) is 0 Å². The summed E-state index contributed by atoms with van der Waals surface area (Å²) in [6, 6.07) is 13.2. The summed E-state index contributed by atoms with van der Waals surface area (Å²) in [5, 5.41) is 11.2. The predicted molar refractivity (Wildman–Crippen MR) is 116 cm³/mol. The van der Waals surface area contributed by atoms with E-state index in [4.69, 9.17) is 0 Å². The number of rotatable bonds is 6. The number of aryl methyl sites for hydroxylation is 3. The van der Waals surface area contributed by atoms with Gasteiger partial charge in [-0.1, -0.05) is 62.2 Å². The topological polar surface area (TPSA) is 57.6 Å². The van der Waals surface area contributed by atoms with Crippen LogP contribution in [0.3, 0.4) is 0 Å². The van der Waals surface area contributed by atoms with E-state index < -0.39 is 17.7 Å². The lowest BCUT2D eigenvalue weighted by molar-refractivity contribution is -0.139. The molecule has 1 saturated heterocycles. The van der Waals surface area contributed by atoms with Crippen molar-refractivity contribution in [2.75, 3.05) is 6.54 Å². The van der Waals surface area contributed by atoms with Crippen LogP contribution in [-0.4, -0.2) is 28.2 Å². The molecule has 0 saturated carbocycles. The minimum atomic E-state index is -0.607. The molecular formula is C25H29NO3. The van der Waals surface area contributed by atoms with Crippen LogP contribution in [0.4, 0.5) is 0 Å². The maximum Gasteiger partial charge on any atom is 0.295 e. The van der Waals surface area contributed by atoms with E-state index in [1.54, 1.807) is 4.90 Å². The lowest BCUT2D eigenvalue weighted by Gasteiger charge is -2.25. The molecule has 0 spiro atoms. The highest BCUT2D eigenvalue weighted by molar-refractivity contribution is 6.46. The van der Waals surface area contributed by atoms with E-state index in [-0.39, 0.29) is 11.3 Å². The number of unbranched alkanes of at least 4 members (excludes halogenated alkanes) is 1. The number of Topliss-reactive ketones (excluding diaryl/α,β-unsaturated/α-hetero) is 1. The highest BCUT2D eigenvalue weighted by atomic mass is 16.3. The maximum absolute atomic E-state index is 13.0. The van der Waals surface area contributed by atoms with Gasteiger partial charge in [0.2, 0.25) is 0 Å². The Morgan fingerprint density at radius 3 is 2.34 bits per heavy atom. The van der Waals surface area contributed by atoms with Gasteiger partial charge in [-0.05, 0) is 49.4 Å². The normalized spacial score (nSPS) is 18.5. The number of aliphatic hydroxyl groups is 1. The summed E-state index contributed by atoms with van der Waals surface area (Å²) in [6.07, 6.45) is 2.64. The van der Waals surface area contributed by atoms with Crippen LogP contribution in [0.15, 0.2) is 48.0 Å². The largest absolute Gasteiger partial charge is 0.507 e. The van der Waals surface area contributed by atoms with Gasteiger partial charge >= 0.3 is 0 Å². The molecular weight excluding hydrogens is 362 g/mol. The molecule has 1 unspecified atom stereocenters. The highest BCUT2D eigenvalue weighted by Gasteiger charge is 2.45. The van der Waals surface area contributed by atoms with Crippen LogP contribution in [0.25, 0.3) is 5.76 Å². The molecule has 1 aliphatic rings. The maximum atomic E-state index is 13.0. The zero-order chi connectivity index (χ0) is 21.1. The molecule has 0 aliphatic carbocycles. The second kappa shape index (κ2) is 8.64. The Bertz CT molecular complexity index is 957. The minimum absolute atomic E-state index is 0.0897. The van der Waals surface area contributed by atoms with Crippen LogP contribution >= 0.6 is 0 Å². The van der Waals surface area contributed by atoms with E-state index in [1.165, 1.54) is 5.56 Å². The lowest BCUT2D eigenvalue weighted by atomic mass is 9.92. The molecule has 152 valence electrons. The molecule has 4 heteroatoms. The van der Waals surface area contributed by atoms with Crippen molar-refractivity contribution in [2.45, 2.75) is 53.0 Å². The van der Waals surface area contributed by atoms with E-state index >= 15 is 0 Å². The van der Waals surface area contributed by atoms with Crippen LogP contribution in [0.1, 0.15) is 60.5 Å². The summed E-state index contributed by atoms with van der Waals surface area (Å²) in [6.45, 7) is 8.47. The van der Waals surface area contributed by atoms with Gasteiger partial charge in [0.05, 0.1) is 11.6 Å². The number of aliphatic hydroxyl groups excluding tert-OH is 1. The van der Waals surface area contributed by atoms with Gasteiger partial charge < -0.3 is 10.0 Å². The first-order valence-corrected chi connectivity index (χ1v) is 10.3. The molecule has 0 radical (unpaired) electrons. The number of carbonyl (C=O) groups is 2. The second-order valence-corrected chi connectivity index (χ2v) is 7.76. The minimum Gasteiger partial charge on any atom is -0.507 e. The fraction of sp³-hybridized carbons (Fsp3) is 0.360. The van der Waals surface area contributed by atoms with E-state index in [0.717, 1.165) is 36.0 Å². The summed E-state index contributed by atoms with van der Waals surface area (Å²) in [7, 11) is 0. The quantitative estimate of drug-likeness (QED) is 0.424. The molecule has 1 N–H and O–H groups in total. The SMILES string of the molecule is CCCCN1C(=O)C(=O)/C(=C(/O)c2cc(C)ccc2C)C1c1ccc(CC)cc1. The average Bonchev–Trinajstić information content (AvgIpc) is 2.98. The third-order valence-electron chi connectivity index (χ3n) is 5.64. The molecule has 2 aromatic rings. The summed E-state index contributed by atoms with van der Waals surface area (Å²) < 4.78 is 0. The van der Waals surface area contributed by atoms with Gasteiger partial charge in [-0.3, -0.25) is 9.59 Å². The number of likely N-dealkylation sites (tertiary alicyclic amines) is 1. The van der Waals surface area contributed by atoms with Crippen LogP contribution in [0.2, 0.25) is 0 Å². The molecule has 1 amide bonds. The third-order valence-corrected chi connectivity index (χ3v) is 5.64.